The Labute approximate surface area is 226 Å². The Morgan fingerprint density at radius 3 is 2.39 bits per heavy atom. The summed E-state index contributed by atoms with van der Waals surface area (Å²) >= 11 is 0. The predicted octanol–water partition coefficient (Wildman–Crippen LogP) is 3.70. The summed E-state index contributed by atoms with van der Waals surface area (Å²) in [5.74, 6) is 1.06. The van der Waals surface area contributed by atoms with Gasteiger partial charge in [-0.3, -0.25) is 4.79 Å². The van der Waals surface area contributed by atoms with Crippen LogP contribution in [-0.2, 0) is 9.84 Å². The molecule has 1 aromatic heterocycles. The average Bonchev–Trinajstić information content (AvgIpc) is 3.43. The van der Waals surface area contributed by atoms with E-state index in [1.54, 1.807) is 6.20 Å². The van der Waals surface area contributed by atoms with Gasteiger partial charge >= 0.3 is 0 Å². The highest BCUT2D eigenvalue weighted by molar-refractivity contribution is 7.90. The van der Waals surface area contributed by atoms with E-state index in [1.165, 1.54) is 63.4 Å². The number of anilines is 3. The van der Waals surface area contributed by atoms with Crippen LogP contribution >= 0.6 is 0 Å². The second kappa shape index (κ2) is 11.6. The van der Waals surface area contributed by atoms with E-state index in [0.717, 1.165) is 31.1 Å². The number of likely N-dealkylation sites (tertiary alicyclic amines) is 1. The fraction of sp³-hybridized carbons (Fsp3) is 0.607. The molecule has 1 amide bonds. The zero-order valence-electron chi connectivity index (χ0n) is 22.3. The molecule has 0 unspecified atom stereocenters. The van der Waals surface area contributed by atoms with Crippen LogP contribution in [0.25, 0.3) is 0 Å². The largest absolute Gasteiger partial charge is 0.364 e. The van der Waals surface area contributed by atoms with Crippen LogP contribution in [0, 0.1) is 5.92 Å². The predicted molar refractivity (Wildman–Crippen MR) is 151 cm³/mol. The minimum Gasteiger partial charge on any atom is -0.364 e. The van der Waals surface area contributed by atoms with Crippen molar-refractivity contribution in [2.24, 2.45) is 11.7 Å². The monoisotopic (exact) mass is 540 g/mol. The zero-order chi connectivity index (χ0) is 26.7. The number of primary amides is 1. The zero-order valence-corrected chi connectivity index (χ0v) is 23.1. The van der Waals surface area contributed by atoms with E-state index in [4.69, 9.17) is 10.7 Å². The van der Waals surface area contributed by atoms with Gasteiger partial charge < -0.3 is 20.9 Å². The van der Waals surface area contributed by atoms with Crippen LogP contribution in [-0.4, -0.2) is 73.4 Å². The lowest BCUT2D eigenvalue weighted by atomic mass is 9.88. The topological polar surface area (TPSA) is 122 Å². The molecule has 1 aliphatic carbocycles. The maximum Gasteiger partial charge on any atom is 0.271 e. The molecule has 38 heavy (non-hydrogen) atoms. The van der Waals surface area contributed by atoms with Gasteiger partial charge in [-0.1, -0.05) is 25.0 Å². The molecule has 3 N–H and O–H groups in total. The van der Waals surface area contributed by atoms with E-state index >= 15 is 0 Å². The van der Waals surface area contributed by atoms with Crippen LogP contribution in [0.2, 0.25) is 0 Å². The molecule has 10 heteroatoms. The molecular weight excluding hydrogens is 500 g/mol. The molecule has 2 aliphatic heterocycles. The Balaban J connectivity index is 1.25. The summed E-state index contributed by atoms with van der Waals surface area (Å²) in [7, 11) is -3.05. The van der Waals surface area contributed by atoms with Crippen LogP contribution in [0.3, 0.4) is 0 Å². The van der Waals surface area contributed by atoms with Crippen LogP contribution in [0.5, 0.6) is 0 Å². The smallest absolute Gasteiger partial charge is 0.271 e. The first-order valence-corrected chi connectivity index (χ1v) is 16.0. The summed E-state index contributed by atoms with van der Waals surface area (Å²) in [6.45, 7) is 3.71. The molecular formula is C28H40N6O3S. The Morgan fingerprint density at radius 1 is 1.03 bits per heavy atom. The standard InChI is InChI=1S/C28H40N6O3S/c1-38(36,37)19-20-5-4-14-34(18-20)25-17-30-26(27(29)35)28(32-25)31-23-10-8-21(9-11-23)22-12-15-33(16-13-22)24-6-2-3-7-24/h8-11,17,20,22,24H,2-7,12-16,18-19H2,1H3,(H2,29,35)(H,31,32)/t20-/m1/s1. The number of rotatable bonds is 8. The third-order valence-electron chi connectivity index (χ3n) is 8.39. The number of piperidine rings is 2. The van der Waals surface area contributed by atoms with Gasteiger partial charge in [-0.15, -0.1) is 0 Å². The Morgan fingerprint density at radius 2 is 1.74 bits per heavy atom. The average molecular weight is 541 g/mol. The van der Waals surface area contributed by atoms with Crippen molar-refractivity contribution >= 4 is 33.1 Å². The fourth-order valence-corrected chi connectivity index (χ4v) is 7.61. The lowest BCUT2D eigenvalue weighted by Gasteiger charge is -2.36. The Kier molecular flexibility index (Phi) is 8.18. The molecule has 3 aliphatic rings. The summed E-state index contributed by atoms with van der Waals surface area (Å²) in [4.78, 5) is 25.8. The number of nitrogens with one attached hydrogen (secondary N) is 1. The molecule has 9 nitrogen and oxygen atoms in total. The lowest BCUT2D eigenvalue weighted by molar-refractivity contribution is 0.0996. The number of benzene rings is 1. The van der Waals surface area contributed by atoms with Crippen molar-refractivity contribution in [1.82, 2.24) is 14.9 Å². The highest BCUT2D eigenvalue weighted by Crippen LogP contribution is 2.33. The Hall–Kier alpha value is -2.72. The number of hydrogen-bond acceptors (Lipinski definition) is 8. The van der Waals surface area contributed by atoms with E-state index in [1.807, 2.05) is 17.0 Å². The molecule has 1 aromatic carbocycles. The van der Waals surface area contributed by atoms with Crippen LogP contribution in [0.4, 0.5) is 17.3 Å². The first-order valence-electron chi connectivity index (χ1n) is 14.0. The highest BCUT2D eigenvalue weighted by Gasteiger charge is 2.28. The van der Waals surface area contributed by atoms with Crippen molar-refractivity contribution in [1.29, 1.82) is 0 Å². The molecule has 206 valence electrons. The lowest BCUT2D eigenvalue weighted by Crippen LogP contribution is -2.39. The molecule has 0 radical (unpaired) electrons. The molecule has 1 atom stereocenters. The van der Waals surface area contributed by atoms with E-state index in [2.05, 4.69) is 27.3 Å². The Bertz CT molecular complexity index is 1220. The van der Waals surface area contributed by atoms with Crippen molar-refractivity contribution in [3.05, 3.63) is 41.7 Å². The number of amides is 1. The van der Waals surface area contributed by atoms with Gasteiger partial charge in [-0.05, 0) is 81.1 Å². The first kappa shape index (κ1) is 26.9. The van der Waals surface area contributed by atoms with Crippen molar-refractivity contribution < 1.29 is 13.2 Å². The molecule has 2 aromatic rings. The molecule has 1 saturated carbocycles. The van der Waals surface area contributed by atoms with Crippen molar-refractivity contribution in [3.8, 4) is 0 Å². The number of carbonyl (C=O) groups excluding carboxylic acids is 1. The van der Waals surface area contributed by atoms with Crippen molar-refractivity contribution in [2.45, 2.75) is 63.3 Å². The van der Waals surface area contributed by atoms with Gasteiger partial charge in [0.1, 0.15) is 15.7 Å². The SMILES string of the molecule is CS(=O)(=O)C[C@@H]1CCCN(c2cnc(C(N)=O)c(Nc3ccc(C4CCN(C5CCCC5)CC4)cc3)n2)C1. The minimum atomic E-state index is -3.05. The van der Waals surface area contributed by atoms with Crippen molar-refractivity contribution in [2.75, 3.05) is 48.4 Å². The van der Waals surface area contributed by atoms with Gasteiger partial charge in [-0.25, -0.2) is 18.4 Å². The first-order chi connectivity index (χ1) is 18.2. The summed E-state index contributed by atoms with van der Waals surface area (Å²) in [6.07, 6.45) is 12.4. The molecule has 0 spiro atoms. The number of nitrogens with zero attached hydrogens (tertiary/aromatic N) is 4. The summed E-state index contributed by atoms with van der Waals surface area (Å²) in [6, 6.07) is 9.19. The third-order valence-corrected chi connectivity index (χ3v) is 9.47. The van der Waals surface area contributed by atoms with Crippen molar-refractivity contribution in [3.63, 3.8) is 0 Å². The second-order valence-electron chi connectivity index (χ2n) is 11.3. The van der Waals surface area contributed by atoms with E-state index in [0.29, 0.717) is 24.1 Å². The van der Waals surface area contributed by atoms with Gasteiger partial charge in [0.05, 0.1) is 11.9 Å². The molecule has 3 heterocycles. The number of hydrogen-bond donors (Lipinski definition) is 2. The summed E-state index contributed by atoms with van der Waals surface area (Å²) in [5.41, 5.74) is 7.85. The van der Waals surface area contributed by atoms with E-state index in [-0.39, 0.29) is 17.4 Å². The fourth-order valence-electron chi connectivity index (χ4n) is 6.48. The van der Waals surface area contributed by atoms with Crippen LogP contribution < -0.4 is 16.0 Å². The second-order valence-corrected chi connectivity index (χ2v) is 13.5. The number of nitrogens with two attached hydrogens (primary N) is 1. The molecule has 3 fully saturated rings. The maximum atomic E-state index is 12.1. The van der Waals surface area contributed by atoms with Gasteiger partial charge in [0.2, 0.25) is 0 Å². The quantitative estimate of drug-likeness (QED) is 0.520. The summed E-state index contributed by atoms with van der Waals surface area (Å²) < 4.78 is 23.6. The number of carbonyl (C=O) groups is 1. The van der Waals surface area contributed by atoms with Gasteiger partial charge in [0.25, 0.3) is 5.91 Å². The highest BCUT2D eigenvalue weighted by atomic mass is 32.2. The third kappa shape index (κ3) is 6.64. The number of sulfone groups is 1. The minimum absolute atomic E-state index is 0.0466. The molecule has 0 bridgehead atoms. The molecule has 2 saturated heterocycles. The van der Waals surface area contributed by atoms with Gasteiger partial charge in [-0.2, -0.15) is 0 Å². The van der Waals surface area contributed by atoms with Crippen LogP contribution in [0.15, 0.2) is 30.5 Å². The molecule has 5 rings (SSSR count). The van der Waals surface area contributed by atoms with E-state index in [9.17, 15) is 13.2 Å². The summed E-state index contributed by atoms with van der Waals surface area (Å²) in [5, 5.41) is 3.25. The van der Waals surface area contributed by atoms with Gasteiger partial charge in [0, 0.05) is 31.1 Å². The van der Waals surface area contributed by atoms with Crippen LogP contribution in [0.1, 0.15) is 73.3 Å². The van der Waals surface area contributed by atoms with E-state index < -0.39 is 15.7 Å². The normalized spacial score (nSPS) is 22.0. The number of aromatic nitrogens is 2. The maximum absolute atomic E-state index is 12.1. The van der Waals surface area contributed by atoms with Gasteiger partial charge in [0.15, 0.2) is 11.5 Å².